The quantitative estimate of drug-likeness (QED) is 0.0664. The summed E-state index contributed by atoms with van der Waals surface area (Å²) in [6, 6.07) is 0.522. The third kappa shape index (κ3) is 19.3. The van der Waals surface area contributed by atoms with Crippen molar-refractivity contribution in [2.45, 2.75) is 137 Å². The van der Waals surface area contributed by atoms with Gasteiger partial charge in [0.15, 0.2) is 16.6 Å². The molecule has 1 rings (SSSR count). The molecule has 1 aliphatic heterocycles. The molecule has 0 bridgehead atoms. The SMILES string of the molecule is CCC(C)(CC(CC(C)(C)C(=O)NCCC[N+](C)(C)C)N1CCCC1=O)C(=O)OCC(O)COCCC[Si](C)(O[Si](C)(C)C)O[Si](C)(C)C.[Cl-]. The molecule has 1 aliphatic rings. The van der Waals surface area contributed by atoms with Crippen molar-refractivity contribution in [3.63, 3.8) is 0 Å². The van der Waals surface area contributed by atoms with Crippen LogP contribution in [-0.2, 0) is 32.1 Å². The van der Waals surface area contributed by atoms with Gasteiger partial charge in [-0.3, -0.25) is 14.4 Å². The van der Waals surface area contributed by atoms with Crippen LogP contribution < -0.4 is 17.7 Å². The van der Waals surface area contributed by atoms with Gasteiger partial charge in [-0.2, -0.15) is 0 Å². The second kappa shape index (κ2) is 20.6. The van der Waals surface area contributed by atoms with Crippen LogP contribution >= 0.6 is 0 Å². The number of hydrogen-bond donors (Lipinski definition) is 2. The topological polar surface area (TPSA) is 124 Å². The molecule has 1 saturated heterocycles. The molecule has 2 N–H and O–H groups in total. The van der Waals surface area contributed by atoms with E-state index in [9.17, 15) is 19.5 Å². The molecular formula is C35H74ClN3O8Si3. The number of aliphatic hydroxyl groups excluding tert-OH is 1. The number of esters is 1. The van der Waals surface area contributed by atoms with E-state index in [1.54, 1.807) is 0 Å². The summed E-state index contributed by atoms with van der Waals surface area (Å²) in [5.41, 5.74) is -1.63. The third-order valence-corrected chi connectivity index (χ3v) is 18.5. The van der Waals surface area contributed by atoms with Gasteiger partial charge >= 0.3 is 14.5 Å². The van der Waals surface area contributed by atoms with E-state index < -0.39 is 48.1 Å². The number of aliphatic hydroxyl groups is 1. The fraction of sp³-hybridized carbons (Fsp3) is 0.914. The van der Waals surface area contributed by atoms with Gasteiger partial charge in [-0.25, -0.2) is 0 Å². The van der Waals surface area contributed by atoms with Gasteiger partial charge in [0.1, 0.15) is 12.7 Å². The van der Waals surface area contributed by atoms with Crippen molar-refractivity contribution in [3.05, 3.63) is 0 Å². The molecule has 0 saturated carbocycles. The third-order valence-electron chi connectivity index (χ3n) is 8.84. The minimum atomic E-state index is -2.35. The zero-order valence-electron chi connectivity index (χ0n) is 34.1. The zero-order chi connectivity index (χ0) is 37.9. The number of nitrogens with zero attached hydrogens (tertiary/aromatic N) is 2. The van der Waals surface area contributed by atoms with Crippen LogP contribution in [0, 0.1) is 10.8 Å². The number of ether oxygens (including phenoxy) is 2. The van der Waals surface area contributed by atoms with Crippen LogP contribution in [0.4, 0.5) is 0 Å². The lowest BCUT2D eigenvalue weighted by Crippen LogP contribution is -3.00. The molecule has 3 unspecified atom stereocenters. The number of halogens is 1. The van der Waals surface area contributed by atoms with Crippen LogP contribution in [0.5, 0.6) is 0 Å². The Kier molecular flexibility index (Phi) is 20.2. The Bertz CT molecular complexity index is 1050. The second-order valence-corrected chi connectivity index (χ2v) is 31.0. The molecule has 2 amide bonds. The number of amides is 2. The molecule has 0 aromatic carbocycles. The monoisotopic (exact) mass is 783 g/mol. The van der Waals surface area contributed by atoms with Crippen molar-refractivity contribution in [1.82, 2.24) is 10.2 Å². The van der Waals surface area contributed by atoms with Gasteiger partial charge < -0.3 is 49.9 Å². The smallest absolute Gasteiger partial charge is 0.314 e. The van der Waals surface area contributed by atoms with Crippen molar-refractivity contribution in [3.8, 4) is 0 Å². The number of carbonyl (C=O) groups is 3. The van der Waals surface area contributed by atoms with Gasteiger partial charge in [0.2, 0.25) is 11.8 Å². The van der Waals surface area contributed by atoms with Crippen LogP contribution in [0.3, 0.4) is 0 Å². The lowest BCUT2D eigenvalue weighted by molar-refractivity contribution is -0.870. The fourth-order valence-electron chi connectivity index (χ4n) is 6.44. The number of hydrogen-bond acceptors (Lipinski definition) is 8. The van der Waals surface area contributed by atoms with Gasteiger partial charge in [0.05, 0.1) is 39.7 Å². The Balaban J connectivity index is 0.0000240. The minimum absolute atomic E-state index is 0. The zero-order valence-corrected chi connectivity index (χ0v) is 37.9. The maximum Gasteiger partial charge on any atom is 0.314 e. The van der Waals surface area contributed by atoms with Crippen LogP contribution in [-0.4, -0.2) is 130 Å². The standard InChI is InChI=1S/C35H73N3O8Si3.ClH/c1-15-35(4,26-29(37-21-16-19-31(37)40)25-34(2,3)32(41)36-20-17-22-38(5,6)7)33(42)44-28-30(39)27-43-23-18-24-49(14,45-47(8,9)10)46-48(11,12)13;/h29-30,39H,15-28H2,1-14H3;1H. The summed E-state index contributed by atoms with van der Waals surface area (Å²) >= 11 is 0. The van der Waals surface area contributed by atoms with Crippen molar-refractivity contribution < 1.29 is 54.1 Å². The predicted octanol–water partition coefficient (Wildman–Crippen LogP) is 2.50. The Labute approximate surface area is 314 Å². The largest absolute Gasteiger partial charge is 1.00 e. The minimum Gasteiger partial charge on any atom is -1.00 e. The summed E-state index contributed by atoms with van der Waals surface area (Å²) in [4.78, 5) is 41.6. The van der Waals surface area contributed by atoms with Gasteiger partial charge in [-0.1, -0.05) is 20.8 Å². The summed E-state index contributed by atoms with van der Waals surface area (Å²) in [5.74, 6) is -0.402. The molecule has 0 spiro atoms. The van der Waals surface area contributed by atoms with Crippen molar-refractivity contribution >= 4 is 43.0 Å². The van der Waals surface area contributed by atoms with E-state index in [-0.39, 0.29) is 43.5 Å². The summed E-state index contributed by atoms with van der Waals surface area (Å²) in [6.45, 7) is 25.4. The molecule has 1 heterocycles. The highest BCUT2D eigenvalue weighted by Gasteiger charge is 2.43. The van der Waals surface area contributed by atoms with E-state index in [2.05, 4.69) is 72.3 Å². The predicted molar refractivity (Wildman–Crippen MR) is 204 cm³/mol. The highest BCUT2D eigenvalue weighted by molar-refractivity contribution is 6.87. The molecule has 0 radical (unpaired) electrons. The highest BCUT2D eigenvalue weighted by atomic mass is 35.5. The summed E-state index contributed by atoms with van der Waals surface area (Å²) in [7, 11) is 0.475. The van der Waals surface area contributed by atoms with E-state index in [1.807, 2.05) is 32.6 Å². The fourth-order valence-corrected chi connectivity index (χ4v) is 19.0. The van der Waals surface area contributed by atoms with E-state index in [0.29, 0.717) is 45.4 Å². The number of rotatable bonds is 24. The normalized spacial score (nSPS) is 17.2. The van der Waals surface area contributed by atoms with E-state index in [1.165, 1.54) is 0 Å². The number of nitrogens with one attached hydrogen (secondary N) is 1. The summed E-state index contributed by atoms with van der Waals surface area (Å²) in [6.07, 6.45) is 3.23. The lowest BCUT2D eigenvalue weighted by atomic mass is 9.75. The maximum atomic E-state index is 13.5. The molecule has 3 atom stereocenters. The highest BCUT2D eigenvalue weighted by Crippen LogP contribution is 2.37. The van der Waals surface area contributed by atoms with Gasteiger partial charge in [0.25, 0.3) is 0 Å². The first-order chi connectivity index (χ1) is 22.2. The molecule has 296 valence electrons. The summed E-state index contributed by atoms with van der Waals surface area (Å²) < 4.78 is 25.4. The van der Waals surface area contributed by atoms with Crippen LogP contribution in [0.25, 0.3) is 0 Å². The number of carbonyl (C=O) groups excluding carboxylic acids is 3. The summed E-state index contributed by atoms with van der Waals surface area (Å²) in [5, 5.41) is 13.7. The van der Waals surface area contributed by atoms with Crippen LogP contribution in [0.15, 0.2) is 0 Å². The Morgan fingerprint density at radius 3 is 2.02 bits per heavy atom. The van der Waals surface area contributed by atoms with Gasteiger partial charge in [-0.15, -0.1) is 0 Å². The van der Waals surface area contributed by atoms with Crippen LogP contribution in [0.2, 0.25) is 51.9 Å². The van der Waals surface area contributed by atoms with Gasteiger partial charge in [-0.05, 0) is 90.9 Å². The molecule has 50 heavy (non-hydrogen) atoms. The Morgan fingerprint density at radius 1 is 0.960 bits per heavy atom. The second-order valence-electron chi connectivity index (χ2n) is 18.2. The first-order valence-electron chi connectivity index (χ1n) is 18.4. The molecule has 0 aromatic rings. The van der Waals surface area contributed by atoms with Crippen molar-refractivity contribution in [2.24, 2.45) is 10.8 Å². The van der Waals surface area contributed by atoms with E-state index in [0.717, 1.165) is 36.3 Å². The number of likely N-dealkylation sites (tertiary alicyclic amines) is 1. The van der Waals surface area contributed by atoms with Crippen molar-refractivity contribution in [2.75, 3.05) is 60.6 Å². The molecule has 0 aromatic heterocycles. The first-order valence-corrected chi connectivity index (χ1v) is 27.8. The van der Waals surface area contributed by atoms with Gasteiger partial charge in [0, 0.05) is 44.0 Å². The first kappa shape index (κ1) is 49.2. The molecular weight excluding hydrogens is 710 g/mol. The Hall–Kier alpha value is -0.849. The molecule has 1 fully saturated rings. The molecule has 0 aliphatic carbocycles. The lowest BCUT2D eigenvalue weighted by Gasteiger charge is -2.39. The van der Waals surface area contributed by atoms with Crippen LogP contribution in [0.1, 0.15) is 72.6 Å². The van der Waals surface area contributed by atoms with Crippen molar-refractivity contribution in [1.29, 1.82) is 0 Å². The number of quaternary nitrogens is 1. The average Bonchev–Trinajstić information content (AvgIpc) is 3.36. The maximum absolute atomic E-state index is 13.5. The van der Waals surface area contributed by atoms with E-state index in [4.69, 9.17) is 17.7 Å². The van der Waals surface area contributed by atoms with E-state index >= 15 is 0 Å². The molecule has 11 nitrogen and oxygen atoms in total. The Morgan fingerprint density at radius 2 is 1.54 bits per heavy atom. The average molecular weight is 785 g/mol. The molecule has 15 heteroatoms.